The summed E-state index contributed by atoms with van der Waals surface area (Å²) in [4.78, 5) is 0. The molecule has 2 rings (SSSR count). The van der Waals surface area contributed by atoms with Crippen molar-refractivity contribution in [1.82, 2.24) is 0 Å². The maximum absolute atomic E-state index is 13.4. The van der Waals surface area contributed by atoms with Crippen LogP contribution in [0.4, 0.5) is 4.39 Å². The summed E-state index contributed by atoms with van der Waals surface area (Å²) in [5.41, 5.74) is -0.396. The summed E-state index contributed by atoms with van der Waals surface area (Å²) in [6.07, 6.45) is 2.32. The molecule has 1 aliphatic rings. The lowest BCUT2D eigenvalue weighted by molar-refractivity contribution is -0.0382. The zero-order valence-corrected chi connectivity index (χ0v) is 12.1. The Morgan fingerprint density at radius 3 is 2.55 bits per heavy atom. The summed E-state index contributed by atoms with van der Waals surface area (Å²) in [6, 6.07) is 6.09. The average Bonchev–Trinajstić information content (AvgIpc) is 2.75. The van der Waals surface area contributed by atoms with Crippen LogP contribution < -0.4 is 0 Å². The molecular formula is C16H23FO3. The lowest BCUT2D eigenvalue weighted by atomic mass is 9.77. The van der Waals surface area contributed by atoms with Gasteiger partial charge in [-0.3, -0.25) is 0 Å². The van der Waals surface area contributed by atoms with Gasteiger partial charge in [-0.05, 0) is 50.8 Å². The molecule has 20 heavy (non-hydrogen) atoms. The fourth-order valence-corrected chi connectivity index (χ4v) is 2.96. The van der Waals surface area contributed by atoms with Gasteiger partial charge in [0.1, 0.15) is 5.82 Å². The summed E-state index contributed by atoms with van der Waals surface area (Å²) in [5.74, 6) is -0.360. The summed E-state index contributed by atoms with van der Waals surface area (Å²) >= 11 is 0. The van der Waals surface area contributed by atoms with Crippen molar-refractivity contribution >= 4 is 0 Å². The molecule has 0 bridgehead atoms. The molecule has 3 nitrogen and oxygen atoms in total. The predicted octanol–water partition coefficient (Wildman–Crippen LogP) is 2.40. The van der Waals surface area contributed by atoms with E-state index < -0.39 is 5.41 Å². The molecule has 1 aromatic rings. The van der Waals surface area contributed by atoms with Gasteiger partial charge in [0.05, 0.1) is 24.9 Å². The van der Waals surface area contributed by atoms with Crippen LogP contribution in [0.15, 0.2) is 24.3 Å². The fraction of sp³-hybridized carbons (Fsp3) is 0.625. The number of halogens is 1. The zero-order chi connectivity index (χ0) is 14.8. The van der Waals surface area contributed by atoms with Gasteiger partial charge in [0, 0.05) is 5.41 Å². The average molecular weight is 282 g/mol. The standard InChI is InChI=1S/C16H23FO3/c1-15(2)7-6-14(20-15)9-16(10-18,11-19)12-4-3-5-13(17)8-12/h3-5,8,14,18-19H,6-7,9-11H2,1-2H3. The van der Waals surface area contributed by atoms with Crippen molar-refractivity contribution in [2.24, 2.45) is 0 Å². The van der Waals surface area contributed by atoms with Crippen LogP contribution >= 0.6 is 0 Å². The monoisotopic (exact) mass is 282 g/mol. The minimum Gasteiger partial charge on any atom is -0.395 e. The molecule has 2 N–H and O–H groups in total. The number of hydrogen-bond donors (Lipinski definition) is 2. The highest BCUT2D eigenvalue weighted by Crippen LogP contribution is 2.37. The van der Waals surface area contributed by atoms with Crippen molar-refractivity contribution in [3.8, 4) is 0 Å². The molecule has 0 radical (unpaired) electrons. The number of benzene rings is 1. The van der Waals surface area contributed by atoms with Gasteiger partial charge in [0.15, 0.2) is 0 Å². The van der Waals surface area contributed by atoms with E-state index in [4.69, 9.17) is 4.74 Å². The zero-order valence-electron chi connectivity index (χ0n) is 12.1. The molecular weight excluding hydrogens is 259 g/mol. The topological polar surface area (TPSA) is 49.7 Å². The molecule has 1 unspecified atom stereocenters. The number of rotatable bonds is 5. The van der Waals surface area contributed by atoms with Crippen molar-refractivity contribution in [1.29, 1.82) is 0 Å². The summed E-state index contributed by atoms with van der Waals surface area (Å²) in [7, 11) is 0. The summed E-state index contributed by atoms with van der Waals surface area (Å²) in [5, 5.41) is 19.5. The van der Waals surface area contributed by atoms with E-state index >= 15 is 0 Å². The fourth-order valence-electron chi connectivity index (χ4n) is 2.96. The molecule has 1 aromatic carbocycles. The maximum atomic E-state index is 13.4. The van der Waals surface area contributed by atoms with Crippen LogP contribution in [0.25, 0.3) is 0 Å². The normalized spacial score (nSPS) is 22.1. The van der Waals surface area contributed by atoms with E-state index in [0.717, 1.165) is 12.8 Å². The van der Waals surface area contributed by atoms with Gasteiger partial charge in [-0.25, -0.2) is 4.39 Å². The van der Waals surface area contributed by atoms with Gasteiger partial charge in [-0.1, -0.05) is 12.1 Å². The van der Waals surface area contributed by atoms with Crippen LogP contribution in [0.5, 0.6) is 0 Å². The third-order valence-corrected chi connectivity index (χ3v) is 4.21. The van der Waals surface area contributed by atoms with Gasteiger partial charge in [-0.15, -0.1) is 0 Å². The molecule has 0 aliphatic carbocycles. The lowest BCUT2D eigenvalue weighted by Gasteiger charge is -2.33. The highest BCUT2D eigenvalue weighted by Gasteiger charge is 2.39. The van der Waals surface area contributed by atoms with Crippen LogP contribution in [0.1, 0.15) is 38.7 Å². The van der Waals surface area contributed by atoms with E-state index in [0.29, 0.717) is 12.0 Å². The van der Waals surface area contributed by atoms with Gasteiger partial charge >= 0.3 is 0 Å². The van der Waals surface area contributed by atoms with Gasteiger partial charge in [0.2, 0.25) is 0 Å². The first-order chi connectivity index (χ1) is 9.41. The Morgan fingerprint density at radius 2 is 2.05 bits per heavy atom. The van der Waals surface area contributed by atoms with E-state index in [9.17, 15) is 14.6 Å². The van der Waals surface area contributed by atoms with Crippen LogP contribution in [-0.2, 0) is 10.2 Å². The number of hydrogen-bond acceptors (Lipinski definition) is 3. The third-order valence-electron chi connectivity index (χ3n) is 4.21. The van der Waals surface area contributed by atoms with Crippen LogP contribution in [0.2, 0.25) is 0 Å². The first-order valence-electron chi connectivity index (χ1n) is 7.06. The first kappa shape index (κ1) is 15.4. The molecule has 1 atom stereocenters. The quantitative estimate of drug-likeness (QED) is 0.872. The Balaban J connectivity index is 2.22. The van der Waals surface area contributed by atoms with Crippen molar-refractivity contribution in [3.05, 3.63) is 35.6 Å². The van der Waals surface area contributed by atoms with Crippen LogP contribution in [0, 0.1) is 5.82 Å². The van der Waals surface area contributed by atoms with Crippen LogP contribution in [0.3, 0.4) is 0 Å². The largest absolute Gasteiger partial charge is 0.395 e. The van der Waals surface area contributed by atoms with Crippen molar-refractivity contribution in [3.63, 3.8) is 0 Å². The molecule has 0 aromatic heterocycles. The Kier molecular flexibility index (Phi) is 4.47. The first-order valence-corrected chi connectivity index (χ1v) is 7.06. The number of aliphatic hydroxyl groups is 2. The van der Waals surface area contributed by atoms with Crippen LogP contribution in [-0.4, -0.2) is 35.1 Å². The summed E-state index contributed by atoms with van der Waals surface area (Å²) in [6.45, 7) is 3.62. The Hall–Kier alpha value is -0.970. The summed E-state index contributed by atoms with van der Waals surface area (Å²) < 4.78 is 19.4. The van der Waals surface area contributed by atoms with Gasteiger partial charge in [0.25, 0.3) is 0 Å². The number of aliphatic hydroxyl groups excluding tert-OH is 2. The molecule has 1 saturated heterocycles. The van der Waals surface area contributed by atoms with E-state index in [-0.39, 0.29) is 30.7 Å². The minimum absolute atomic E-state index is 0.0208. The third kappa shape index (κ3) is 3.19. The van der Waals surface area contributed by atoms with Gasteiger partial charge < -0.3 is 14.9 Å². The van der Waals surface area contributed by atoms with E-state index in [2.05, 4.69) is 0 Å². The number of ether oxygens (including phenoxy) is 1. The highest BCUT2D eigenvalue weighted by atomic mass is 19.1. The Morgan fingerprint density at radius 1 is 1.35 bits per heavy atom. The maximum Gasteiger partial charge on any atom is 0.123 e. The second kappa shape index (κ2) is 5.80. The molecule has 4 heteroatoms. The van der Waals surface area contributed by atoms with E-state index in [1.807, 2.05) is 13.8 Å². The van der Waals surface area contributed by atoms with Crippen molar-refractivity contribution < 1.29 is 19.3 Å². The molecule has 0 spiro atoms. The second-order valence-corrected chi connectivity index (χ2v) is 6.35. The molecule has 112 valence electrons. The minimum atomic E-state index is -0.854. The highest BCUT2D eigenvalue weighted by molar-refractivity contribution is 5.27. The van der Waals surface area contributed by atoms with Crippen molar-refractivity contribution in [2.75, 3.05) is 13.2 Å². The molecule has 1 heterocycles. The van der Waals surface area contributed by atoms with E-state index in [1.54, 1.807) is 12.1 Å². The Labute approximate surface area is 119 Å². The molecule has 0 amide bonds. The Bertz CT molecular complexity index is 455. The molecule has 0 saturated carbocycles. The molecule has 1 fully saturated rings. The predicted molar refractivity (Wildman–Crippen MR) is 75.1 cm³/mol. The second-order valence-electron chi connectivity index (χ2n) is 6.35. The van der Waals surface area contributed by atoms with Gasteiger partial charge in [-0.2, -0.15) is 0 Å². The lowest BCUT2D eigenvalue weighted by Crippen LogP contribution is -2.39. The SMILES string of the molecule is CC1(C)CCC(CC(CO)(CO)c2cccc(F)c2)O1. The van der Waals surface area contributed by atoms with Crippen molar-refractivity contribution in [2.45, 2.75) is 50.2 Å². The molecule has 1 aliphatic heterocycles. The smallest absolute Gasteiger partial charge is 0.123 e. The van der Waals surface area contributed by atoms with E-state index in [1.165, 1.54) is 12.1 Å².